The molecule has 2 aliphatic heterocycles. The Labute approximate surface area is 172 Å². The van der Waals surface area contributed by atoms with Gasteiger partial charge in [-0.15, -0.1) is 0 Å². The third kappa shape index (κ3) is 4.52. The van der Waals surface area contributed by atoms with E-state index in [1.54, 1.807) is 8.61 Å². The second kappa shape index (κ2) is 8.25. The fourth-order valence-corrected chi connectivity index (χ4v) is 5.42. The molecule has 0 bridgehead atoms. The van der Waals surface area contributed by atoms with E-state index >= 15 is 0 Å². The van der Waals surface area contributed by atoms with Crippen LogP contribution in [0.1, 0.15) is 24.1 Å². The fraction of sp³-hybridized carbons (Fsp3) is 0.500. The smallest absolute Gasteiger partial charge is 0.282 e. The molecule has 0 amide bonds. The summed E-state index contributed by atoms with van der Waals surface area (Å²) < 4.78 is 28.7. The molecule has 0 aliphatic carbocycles. The maximum atomic E-state index is 12.8. The quantitative estimate of drug-likeness (QED) is 0.806. The van der Waals surface area contributed by atoms with Crippen molar-refractivity contribution in [1.29, 1.82) is 0 Å². The summed E-state index contributed by atoms with van der Waals surface area (Å²) >= 11 is 0. The topological polar surface area (TPSA) is 81.7 Å². The first-order valence-electron chi connectivity index (χ1n) is 10.1. The maximum absolute atomic E-state index is 12.8. The van der Waals surface area contributed by atoms with Crippen LogP contribution in [0.5, 0.6) is 0 Å². The second-order valence-electron chi connectivity index (χ2n) is 7.69. The third-order valence-corrected chi connectivity index (χ3v) is 7.44. The maximum Gasteiger partial charge on any atom is 0.282 e. The molecule has 0 radical (unpaired) electrons. The van der Waals surface area contributed by atoms with Crippen LogP contribution in [0.4, 0.5) is 17.5 Å². The molecular weight excluding hydrogens is 388 g/mol. The second-order valence-corrected chi connectivity index (χ2v) is 9.61. The van der Waals surface area contributed by atoms with E-state index < -0.39 is 10.2 Å². The summed E-state index contributed by atoms with van der Waals surface area (Å²) in [5, 5.41) is 3.33. The van der Waals surface area contributed by atoms with Crippen LogP contribution in [0.25, 0.3) is 0 Å². The average Bonchev–Trinajstić information content (AvgIpc) is 3.25. The molecular formula is C20H28N6O2S. The van der Waals surface area contributed by atoms with Crippen molar-refractivity contribution in [2.75, 3.05) is 49.5 Å². The Kier molecular flexibility index (Phi) is 5.71. The predicted octanol–water partition coefficient (Wildman–Crippen LogP) is 2.30. The van der Waals surface area contributed by atoms with Gasteiger partial charge >= 0.3 is 0 Å². The molecule has 1 N–H and O–H groups in total. The number of hydrogen-bond acceptors (Lipinski definition) is 6. The van der Waals surface area contributed by atoms with Crippen LogP contribution in [0.3, 0.4) is 0 Å². The number of benzene rings is 1. The normalized spacial score (nSPS) is 18.9. The van der Waals surface area contributed by atoms with Crippen molar-refractivity contribution in [1.82, 2.24) is 18.6 Å². The van der Waals surface area contributed by atoms with Gasteiger partial charge in [-0.25, -0.2) is 4.98 Å². The van der Waals surface area contributed by atoms with Gasteiger partial charge in [-0.3, -0.25) is 0 Å². The molecule has 29 heavy (non-hydrogen) atoms. The molecule has 1 aromatic carbocycles. The molecule has 9 heteroatoms. The summed E-state index contributed by atoms with van der Waals surface area (Å²) in [6.07, 6.45) is 1.90. The molecule has 4 rings (SSSR count). The van der Waals surface area contributed by atoms with Crippen LogP contribution in [0.15, 0.2) is 30.3 Å². The highest BCUT2D eigenvalue weighted by atomic mass is 32.2. The number of hydrogen-bond donors (Lipinski definition) is 1. The lowest BCUT2D eigenvalue weighted by atomic mass is 10.2. The van der Waals surface area contributed by atoms with E-state index in [9.17, 15) is 8.42 Å². The Morgan fingerprint density at radius 2 is 1.48 bits per heavy atom. The Hall–Kier alpha value is -2.23. The number of aromatic nitrogens is 2. The monoisotopic (exact) mass is 416 g/mol. The van der Waals surface area contributed by atoms with E-state index in [0.29, 0.717) is 45.2 Å². The zero-order valence-electron chi connectivity index (χ0n) is 17.0. The minimum atomic E-state index is -3.34. The van der Waals surface area contributed by atoms with Gasteiger partial charge in [-0.05, 0) is 38.8 Å². The molecule has 156 valence electrons. The Morgan fingerprint density at radius 3 is 2.14 bits per heavy atom. The van der Waals surface area contributed by atoms with Crippen molar-refractivity contribution < 1.29 is 8.42 Å². The average molecular weight is 417 g/mol. The molecule has 2 aromatic rings. The van der Waals surface area contributed by atoms with E-state index in [0.717, 1.165) is 30.0 Å². The molecule has 2 saturated heterocycles. The predicted molar refractivity (Wildman–Crippen MR) is 115 cm³/mol. The van der Waals surface area contributed by atoms with Crippen molar-refractivity contribution in [2.24, 2.45) is 0 Å². The summed E-state index contributed by atoms with van der Waals surface area (Å²) in [5.74, 6) is 1.38. The lowest BCUT2D eigenvalue weighted by molar-refractivity contribution is 0.342. The molecule has 3 heterocycles. The molecule has 0 unspecified atom stereocenters. The SMILES string of the molecule is Cc1ccc(Nc2cc(C)nc(N3CCN(S(=O)(=O)N4CCCC4)CC3)n2)cc1. The number of rotatable bonds is 5. The van der Waals surface area contributed by atoms with Crippen molar-refractivity contribution >= 4 is 27.7 Å². The number of nitrogens with one attached hydrogen (secondary N) is 1. The van der Waals surface area contributed by atoms with Gasteiger partial charge < -0.3 is 10.2 Å². The Balaban J connectivity index is 1.44. The molecule has 2 fully saturated rings. The van der Waals surface area contributed by atoms with Gasteiger partial charge in [-0.2, -0.15) is 22.0 Å². The van der Waals surface area contributed by atoms with Gasteiger partial charge in [0.15, 0.2) is 0 Å². The highest BCUT2D eigenvalue weighted by Crippen LogP contribution is 2.22. The number of nitrogens with zero attached hydrogens (tertiary/aromatic N) is 5. The zero-order chi connectivity index (χ0) is 20.4. The Morgan fingerprint density at radius 1 is 0.862 bits per heavy atom. The van der Waals surface area contributed by atoms with Gasteiger partial charge in [0, 0.05) is 56.7 Å². The van der Waals surface area contributed by atoms with Crippen LogP contribution < -0.4 is 10.2 Å². The minimum Gasteiger partial charge on any atom is -0.340 e. The fourth-order valence-electron chi connectivity index (χ4n) is 3.74. The third-order valence-electron chi connectivity index (χ3n) is 5.41. The van der Waals surface area contributed by atoms with Gasteiger partial charge in [0.1, 0.15) is 5.82 Å². The largest absolute Gasteiger partial charge is 0.340 e. The Bertz CT molecular complexity index is 949. The van der Waals surface area contributed by atoms with Crippen LogP contribution >= 0.6 is 0 Å². The van der Waals surface area contributed by atoms with E-state index in [1.165, 1.54) is 5.56 Å². The summed E-state index contributed by atoms with van der Waals surface area (Å²) in [6.45, 7) is 7.35. The van der Waals surface area contributed by atoms with Crippen molar-refractivity contribution in [2.45, 2.75) is 26.7 Å². The van der Waals surface area contributed by atoms with Crippen LogP contribution in [-0.2, 0) is 10.2 Å². The standard InChI is InChI=1S/C20H28N6O2S/c1-16-5-7-18(8-6-16)22-19-15-17(2)21-20(23-19)24-11-13-26(14-12-24)29(27,28)25-9-3-4-10-25/h5-8,15H,3-4,9-14H2,1-2H3,(H,21,22,23). The number of piperazine rings is 1. The lowest BCUT2D eigenvalue weighted by Gasteiger charge is -2.35. The first kappa shape index (κ1) is 20.1. The first-order valence-corrected chi connectivity index (χ1v) is 11.5. The first-order chi connectivity index (χ1) is 13.9. The van der Waals surface area contributed by atoms with Gasteiger partial charge in [0.25, 0.3) is 10.2 Å². The molecule has 2 aliphatic rings. The van der Waals surface area contributed by atoms with Crippen molar-refractivity contribution in [3.05, 3.63) is 41.6 Å². The highest BCUT2D eigenvalue weighted by molar-refractivity contribution is 7.86. The van der Waals surface area contributed by atoms with E-state index in [4.69, 9.17) is 0 Å². The molecule has 8 nitrogen and oxygen atoms in total. The molecule has 0 saturated carbocycles. The van der Waals surface area contributed by atoms with Crippen LogP contribution in [-0.4, -0.2) is 66.3 Å². The summed E-state index contributed by atoms with van der Waals surface area (Å²) in [6, 6.07) is 10.1. The summed E-state index contributed by atoms with van der Waals surface area (Å²) in [5.41, 5.74) is 3.05. The molecule has 0 spiro atoms. The highest BCUT2D eigenvalue weighted by Gasteiger charge is 2.34. The van der Waals surface area contributed by atoms with Crippen molar-refractivity contribution in [3.8, 4) is 0 Å². The number of anilines is 3. The van der Waals surface area contributed by atoms with Gasteiger partial charge in [-0.1, -0.05) is 17.7 Å². The van der Waals surface area contributed by atoms with E-state index in [-0.39, 0.29) is 0 Å². The molecule has 0 atom stereocenters. The summed E-state index contributed by atoms with van der Waals surface area (Å²) in [4.78, 5) is 11.3. The van der Waals surface area contributed by atoms with Crippen LogP contribution in [0, 0.1) is 13.8 Å². The van der Waals surface area contributed by atoms with E-state index in [1.807, 2.05) is 25.1 Å². The number of aryl methyl sites for hydroxylation is 2. The summed E-state index contributed by atoms with van der Waals surface area (Å²) in [7, 11) is -3.34. The zero-order valence-corrected chi connectivity index (χ0v) is 17.8. The lowest BCUT2D eigenvalue weighted by Crippen LogP contribution is -2.53. The van der Waals surface area contributed by atoms with Gasteiger partial charge in [0.2, 0.25) is 5.95 Å². The van der Waals surface area contributed by atoms with Crippen molar-refractivity contribution in [3.63, 3.8) is 0 Å². The minimum absolute atomic E-state index is 0.455. The van der Waals surface area contributed by atoms with Gasteiger partial charge in [0.05, 0.1) is 0 Å². The molecule has 1 aromatic heterocycles. The van der Waals surface area contributed by atoms with E-state index in [2.05, 4.69) is 39.2 Å². The van der Waals surface area contributed by atoms with Crippen LogP contribution in [0.2, 0.25) is 0 Å².